The number of benzene rings is 1. The van der Waals surface area contributed by atoms with E-state index in [1.807, 2.05) is 26.0 Å². The Morgan fingerprint density at radius 2 is 1.69 bits per heavy atom. The van der Waals surface area contributed by atoms with Gasteiger partial charge < -0.3 is 30.2 Å². The summed E-state index contributed by atoms with van der Waals surface area (Å²) in [6.07, 6.45) is 0.378. The van der Waals surface area contributed by atoms with Crippen LogP contribution in [0.5, 0.6) is 17.2 Å². The molecule has 8 nitrogen and oxygen atoms in total. The number of rotatable bonds is 9. The van der Waals surface area contributed by atoms with Gasteiger partial charge in [-0.2, -0.15) is 0 Å². The molecule has 1 aromatic carbocycles. The molecule has 0 radical (unpaired) electrons. The molecule has 0 heterocycles. The minimum Gasteiger partial charge on any atom is -0.493 e. The molecule has 26 heavy (non-hydrogen) atoms. The fourth-order valence-corrected chi connectivity index (χ4v) is 2.33. The van der Waals surface area contributed by atoms with Gasteiger partial charge in [0, 0.05) is 32.6 Å². The number of hydrogen-bond donors (Lipinski definition) is 3. The van der Waals surface area contributed by atoms with Crippen molar-refractivity contribution in [3.05, 3.63) is 17.7 Å². The molecule has 0 aliphatic rings. The van der Waals surface area contributed by atoms with Crippen LogP contribution < -0.4 is 30.2 Å². The zero-order valence-corrected chi connectivity index (χ0v) is 16.4. The molecule has 0 spiro atoms. The number of guanidine groups is 1. The minimum atomic E-state index is 0.00702. The second-order valence-corrected chi connectivity index (χ2v) is 5.86. The maximum Gasteiger partial charge on any atom is 0.221 e. The number of carbonyl (C=O) groups excluding carboxylic acids is 1. The number of ether oxygens (including phenoxy) is 3. The third-order valence-electron chi connectivity index (χ3n) is 3.50. The van der Waals surface area contributed by atoms with Gasteiger partial charge >= 0.3 is 0 Å². The van der Waals surface area contributed by atoms with Gasteiger partial charge in [0.2, 0.25) is 11.7 Å². The molecule has 0 aromatic heterocycles. The third-order valence-corrected chi connectivity index (χ3v) is 3.50. The largest absolute Gasteiger partial charge is 0.493 e. The van der Waals surface area contributed by atoms with Crippen molar-refractivity contribution in [2.45, 2.75) is 32.9 Å². The Bertz CT molecular complexity index is 592. The zero-order valence-electron chi connectivity index (χ0n) is 16.4. The van der Waals surface area contributed by atoms with Gasteiger partial charge in [-0.25, -0.2) is 0 Å². The Balaban J connectivity index is 2.62. The van der Waals surface area contributed by atoms with Crippen molar-refractivity contribution in [1.29, 1.82) is 0 Å². The van der Waals surface area contributed by atoms with Gasteiger partial charge in [0.1, 0.15) is 0 Å². The highest BCUT2D eigenvalue weighted by Crippen LogP contribution is 2.38. The first-order valence-corrected chi connectivity index (χ1v) is 8.47. The highest BCUT2D eigenvalue weighted by Gasteiger charge is 2.13. The van der Waals surface area contributed by atoms with Crippen LogP contribution in [0, 0.1) is 0 Å². The van der Waals surface area contributed by atoms with E-state index in [1.54, 1.807) is 28.4 Å². The summed E-state index contributed by atoms with van der Waals surface area (Å²) in [5.74, 6) is 2.36. The van der Waals surface area contributed by atoms with Gasteiger partial charge in [0.05, 0.1) is 21.3 Å². The van der Waals surface area contributed by atoms with E-state index < -0.39 is 0 Å². The predicted molar refractivity (Wildman–Crippen MR) is 102 cm³/mol. The minimum absolute atomic E-state index is 0.00702. The molecule has 1 aromatic rings. The standard InChI is InChI=1S/C18H30N4O4/c1-12(2)22-16(23)7-8-20-18(19-3)21-11-13-9-14(24-4)17(26-6)15(10-13)25-5/h9-10,12H,7-8,11H2,1-6H3,(H,22,23)(H2,19,20,21). The molecule has 1 amide bonds. The highest BCUT2D eigenvalue weighted by molar-refractivity contribution is 5.81. The second-order valence-electron chi connectivity index (χ2n) is 5.86. The van der Waals surface area contributed by atoms with Crippen molar-refractivity contribution < 1.29 is 19.0 Å². The third kappa shape index (κ3) is 6.70. The molecule has 0 saturated heterocycles. The van der Waals surface area contributed by atoms with Crippen LogP contribution in [-0.4, -0.2) is 52.8 Å². The second kappa shape index (κ2) is 11.1. The Morgan fingerprint density at radius 1 is 1.08 bits per heavy atom. The van der Waals surface area contributed by atoms with E-state index in [2.05, 4.69) is 20.9 Å². The quantitative estimate of drug-likeness (QED) is 0.450. The molecule has 0 saturated carbocycles. The van der Waals surface area contributed by atoms with Crippen molar-refractivity contribution >= 4 is 11.9 Å². The summed E-state index contributed by atoms with van der Waals surface area (Å²) in [5, 5.41) is 9.16. The maximum absolute atomic E-state index is 11.7. The molecule has 0 unspecified atom stereocenters. The van der Waals surface area contributed by atoms with E-state index >= 15 is 0 Å². The molecular weight excluding hydrogens is 336 g/mol. The molecule has 8 heteroatoms. The number of hydrogen-bond acceptors (Lipinski definition) is 5. The number of nitrogens with zero attached hydrogens (tertiary/aromatic N) is 1. The SMILES string of the molecule is CN=C(NCCC(=O)NC(C)C)NCc1cc(OC)c(OC)c(OC)c1. The van der Waals surface area contributed by atoms with E-state index in [0.717, 1.165) is 5.56 Å². The van der Waals surface area contributed by atoms with E-state index in [0.29, 0.717) is 42.7 Å². The van der Waals surface area contributed by atoms with Gasteiger partial charge in [-0.15, -0.1) is 0 Å². The van der Waals surface area contributed by atoms with Gasteiger partial charge in [-0.05, 0) is 31.5 Å². The average molecular weight is 366 g/mol. The lowest BCUT2D eigenvalue weighted by molar-refractivity contribution is -0.121. The summed E-state index contributed by atoms with van der Waals surface area (Å²) < 4.78 is 16.0. The normalized spacial score (nSPS) is 11.1. The van der Waals surface area contributed by atoms with Crippen molar-refractivity contribution in [1.82, 2.24) is 16.0 Å². The maximum atomic E-state index is 11.7. The summed E-state index contributed by atoms with van der Waals surface area (Å²) in [5.41, 5.74) is 0.944. The molecule has 0 aliphatic heterocycles. The molecular formula is C18H30N4O4. The van der Waals surface area contributed by atoms with Crippen molar-refractivity contribution in [2.24, 2.45) is 4.99 Å². The first-order chi connectivity index (χ1) is 12.4. The van der Waals surface area contributed by atoms with Crippen LogP contribution in [0.3, 0.4) is 0 Å². The van der Waals surface area contributed by atoms with Gasteiger partial charge in [-0.3, -0.25) is 9.79 Å². The monoisotopic (exact) mass is 366 g/mol. The predicted octanol–water partition coefficient (Wildman–Crippen LogP) is 1.29. The molecule has 0 aliphatic carbocycles. The van der Waals surface area contributed by atoms with Crippen LogP contribution in [0.4, 0.5) is 0 Å². The Kier molecular flexibility index (Phi) is 9.11. The number of amides is 1. The lowest BCUT2D eigenvalue weighted by Gasteiger charge is -2.16. The number of nitrogens with one attached hydrogen (secondary N) is 3. The Hall–Kier alpha value is -2.64. The number of aliphatic imine (C=N–C) groups is 1. The van der Waals surface area contributed by atoms with E-state index in [9.17, 15) is 4.79 Å². The number of carbonyl (C=O) groups is 1. The first kappa shape index (κ1) is 21.4. The molecule has 3 N–H and O–H groups in total. The van der Waals surface area contributed by atoms with Crippen molar-refractivity contribution in [2.75, 3.05) is 34.9 Å². The van der Waals surface area contributed by atoms with Crippen LogP contribution in [0.2, 0.25) is 0 Å². The summed E-state index contributed by atoms with van der Waals surface area (Å²) >= 11 is 0. The molecule has 0 bridgehead atoms. The van der Waals surface area contributed by atoms with Gasteiger partial charge in [-0.1, -0.05) is 0 Å². The lowest BCUT2D eigenvalue weighted by Crippen LogP contribution is -2.39. The van der Waals surface area contributed by atoms with Crippen molar-refractivity contribution in [3.63, 3.8) is 0 Å². The van der Waals surface area contributed by atoms with E-state index in [-0.39, 0.29) is 11.9 Å². The highest BCUT2D eigenvalue weighted by atomic mass is 16.5. The fraction of sp³-hybridized carbons (Fsp3) is 0.556. The number of methoxy groups -OCH3 is 3. The van der Waals surface area contributed by atoms with Crippen LogP contribution in [0.1, 0.15) is 25.8 Å². The molecule has 0 fully saturated rings. The first-order valence-electron chi connectivity index (χ1n) is 8.47. The van der Waals surface area contributed by atoms with E-state index in [1.165, 1.54) is 0 Å². The van der Waals surface area contributed by atoms with Crippen LogP contribution in [0.25, 0.3) is 0 Å². The topological polar surface area (TPSA) is 93.2 Å². The summed E-state index contributed by atoms with van der Waals surface area (Å²) in [4.78, 5) is 15.8. The van der Waals surface area contributed by atoms with Gasteiger partial charge in [0.25, 0.3) is 0 Å². The molecule has 146 valence electrons. The van der Waals surface area contributed by atoms with Crippen LogP contribution in [0.15, 0.2) is 17.1 Å². The van der Waals surface area contributed by atoms with Crippen LogP contribution >= 0.6 is 0 Å². The van der Waals surface area contributed by atoms with Crippen LogP contribution in [-0.2, 0) is 11.3 Å². The lowest BCUT2D eigenvalue weighted by atomic mass is 10.2. The fourth-order valence-electron chi connectivity index (χ4n) is 2.33. The smallest absolute Gasteiger partial charge is 0.221 e. The van der Waals surface area contributed by atoms with Gasteiger partial charge in [0.15, 0.2) is 17.5 Å². The Morgan fingerprint density at radius 3 is 2.15 bits per heavy atom. The molecule has 1 rings (SSSR count). The van der Waals surface area contributed by atoms with E-state index in [4.69, 9.17) is 14.2 Å². The average Bonchev–Trinajstić information content (AvgIpc) is 2.62. The van der Waals surface area contributed by atoms with Crippen molar-refractivity contribution in [3.8, 4) is 17.2 Å². The summed E-state index contributed by atoms with van der Waals surface area (Å²) in [6, 6.07) is 3.88. The summed E-state index contributed by atoms with van der Waals surface area (Å²) in [7, 11) is 6.41. The summed E-state index contributed by atoms with van der Waals surface area (Å²) in [6.45, 7) is 4.87. The molecule has 0 atom stereocenters. The Labute approximate surface area is 155 Å². The zero-order chi connectivity index (χ0) is 19.5.